The molecule has 112 valence electrons. The van der Waals surface area contributed by atoms with Crippen molar-refractivity contribution in [3.63, 3.8) is 0 Å². The quantitative estimate of drug-likeness (QED) is 0.876. The second-order valence-electron chi connectivity index (χ2n) is 4.61. The SMILES string of the molecule is CCNc1cc(C(=O)NC(C)CC(F)(F)F)cc(C)n1. The number of carbonyl (C=O) groups is 1. The van der Waals surface area contributed by atoms with Gasteiger partial charge in [-0.3, -0.25) is 4.79 Å². The number of hydrogen-bond acceptors (Lipinski definition) is 3. The Hall–Kier alpha value is -1.79. The molecule has 0 aliphatic rings. The molecule has 0 bridgehead atoms. The summed E-state index contributed by atoms with van der Waals surface area (Å²) in [5, 5.41) is 5.30. The molecule has 1 aromatic heterocycles. The summed E-state index contributed by atoms with van der Waals surface area (Å²) >= 11 is 0. The molecule has 0 radical (unpaired) electrons. The second kappa shape index (κ2) is 6.58. The van der Waals surface area contributed by atoms with E-state index in [4.69, 9.17) is 0 Å². The van der Waals surface area contributed by atoms with Crippen LogP contribution in [-0.2, 0) is 0 Å². The van der Waals surface area contributed by atoms with Gasteiger partial charge in [0.05, 0.1) is 6.42 Å². The van der Waals surface area contributed by atoms with Crippen molar-refractivity contribution >= 4 is 11.7 Å². The molecule has 0 saturated heterocycles. The third-order valence-electron chi connectivity index (χ3n) is 2.49. The van der Waals surface area contributed by atoms with Crippen LogP contribution in [0.5, 0.6) is 0 Å². The molecule has 0 fully saturated rings. The Bertz CT molecular complexity index is 474. The zero-order valence-electron chi connectivity index (χ0n) is 11.6. The van der Waals surface area contributed by atoms with E-state index in [0.717, 1.165) is 0 Å². The molecule has 1 unspecified atom stereocenters. The number of carbonyl (C=O) groups excluding carboxylic acids is 1. The summed E-state index contributed by atoms with van der Waals surface area (Å²) in [4.78, 5) is 16.1. The van der Waals surface area contributed by atoms with Gasteiger partial charge in [-0.05, 0) is 32.9 Å². The largest absolute Gasteiger partial charge is 0.391 e. The minimum absolute atomic E-state index is 0.294. The van der Waals surface area contributed by atoms with Crippen molar-refractivity contribution in [2.24, 2.45) is 0 Å². The fourth-order valence-corrected chi connectivity index (χ4v) is 1.78. The van der Waals surface area contributed by atoms with Crippen LogP contribution >= 0.6 is 0 Å². The average molecular weight is 289 g/mol. The van der Waals surface area contributed by atoms with Gasteiger partial charge in [0.2, 0.25) is 0 Å². The predicted molar refractivity (Wildman–Crippen MR) is 70.7 cm³/mol. The maximum absolute atomic E-state index is 12.2. The summed E-state index contributed by atoms with van der Waals surface area (Å²) in [7, 11) is 0. The van der Waals surface area contributed by atoms with Crippen molar-refractivity contribution in [2.45, 2.75) is 39.4 Å². The first-order valence-corrected chi connectivity index (χ1v) is 6.31. The van der Waals surface area contributed by atoms with E-state index >= 15 is 0 Å². The zero-order valence-corrected chi connectivity index (χ0v) is 11.6. The van der Waals surface area contributed by atoms with Crippen molar-refractivity contribution in [3.05, 3.63) is 23.4 Å². The lowest BCUT2D eigenvalue weighted by Crippen LogP contribution is -2.36. The molecule has 0 spiro atoms. The number of rotatable bonds is 5. The third-order valence-corrected chi connectivity index (χ3v) is 2.49. The maximum Gasteiger partial charge on any atom is 0.391 e. The van der Waals surface area contributed by atoms with Crippen LogP contribution in [0.4, 0.5) is 19.0 Å². The van der Waals surface area contributed by atoms with Crippen molar-refractivity contribution in [2.75, 3.05) is 11.9 Å². The minimum Gasteiger partial charge on any atom is -0.370 e. The van der Waals surface area contributed by atoms with Crippen LogP contribution in [0.1, 0.15) is 36.3 Å². The number of alkyl halides is 3. The summed E-state index contributed by atoms with van der Waals surface area (Å²) < 4.78 is 36.6. The normalized spacial score (nSPS) is 12.9. The molecule has 2 N–H and O–H groups in total. The summed E-state index contributed by atoms with van der Waals surface area (Å²) in [6, 6.07) is 2.08. The fourth-order valence-electron chi connectivity index (χ4n) is 1.78. The Balaban J connectivity index is 2.76. The summed E-state index contributed by atoms with van der Waals surface area (Å²) in [6.07, 6.45) is -5.35. The van der Waals surface area contributed by atoms with E-state index in [-0.39, 0.29) is 0 Å². The highest BCUT2D eigenvalue weighted by Crippen LogP contribution is 2.21. The van der Waals surface area contributed by atoms with E-state index < -0.39 is 24.5 Å². The van der Waals surface area contributed by atoms with Crippen LogP contribution in [0, 0.1) is 6.92 Å². The molecule has 1 heterocycles. The summed E-state index contributed by atoms with van der Waals surface area (Å²) in [6.45, 7) is 5.57. The average Bonchev–Trinajstić information content (AvgIpc) is 2.25. The molecule has 1 amide bonds. The topological polar surface area (TPSA) is 54.0 Å². The van der Waals surface area contributed by atoms with Crippen molar-refractivity contribution in [1.82, 2.24) is 10.3 Å². The lowest BCUT2D eigenvalue weighted by molar-refractivity contribution is -0.138. The molecule has 4 nitrogen and oxygen atoms in total. The van der Waals surface area contributed by atoms with Gasteiger partial charge >= 0.3 is 6.18 Å². The van der Waals surface area contributed by atoms with Gasteiger partial charge in [0.1, 0.15) is 5.82 Å². The van der Waals surface area contributed by atoms with Crippen molar-refractivity contribution in [3.8, 4) is 0 Å². The van der Waals surface area contributed by atoms with Crippen LogP contribution in [-0.4, -0.2) is 29.7 Å². The number of halogens is 3. The van der Waals surface area contributed by atoms with E-state index in [0.29, 0.717) is 23.6 Å². The molecule has 0 aliphatic carbocycles. The van der Waals surface area contributed by atoms with Gasteiger partial charge in [-0.2, -0.15) is 13.2 Å². The number of amides is 1. The minimum atomic E-state index is -4.30. The Morgan fingerprint density at radius 3 is 2.60 bits per heavy atom. The molecule has 20 heavy (non-hydrogen) atoms. The summed E-state index contributed by atoms with van der Waals surface area (Å²) in [5.74, 6) is -0.00692. The van der Waals surface area contributed by atoms with Gasteiger partial charge in [0.25, 0.3) is 5.91 Å². The van der Waals surface area contributed by atoms with Crippen molar-refractivity contribution < 1.29 is 18.0 Å². The number of hydrogen-bond donors (Lipinski definition) is 2. The molecule has 0 saturated carbocycles. The predicted octanol–water partition coefficient (Wildman–Crippen LogP) is 2.89. The Labute approximate surface area is 115 Å². The molecule has 1 aromatic rings. The maximum atomic E-state index is 12.2. The fraction of sp³-hybridized carbons (Fsp3) is 0.538. The Morgan fingerprint density at radius 2 is 2.05 bits per heavy atom. The van der Waals surface area contributed by atoms with Crippen LogP contribution in [0.25, 0.3) is 0 Å². The van der Waals surface area contributed by atoms with Gasteiger partial charge < -0.3 is 10.6 Å². The molecular formula is C13H18F3N3O. The van der Waals surface area contributed by atoms with Gasteiger partial charge in [-0.25, -0.2) is 4.98 Å². The molecule has 0 aliphatic heterocycles. The number of nitrogens with one attached hydrogen (secondary N) is 2. The standard InChI is InChI=1S/C13H18F3N3O/c1-4-17-11-6-10(5-8(2)18-11)12(20)19-9(3)7-13(14,15)16/h5-6,9H,4,7H2,1-3H3,(H,17,18)(H,19,20). The van der Waals surface area contributed by atoms with Crippen LogP contribution < -0.4 is 10.6 Å². The number of aromatic nitrogens is 1. The molecule has 1 rings (SSSR count). The third kappa shape index (κ3) is 5.46. The van der Waals surface area contributed by atoms with E-state index in [1.807, 2.05) is 6.92 Å². The number of anilines is 1. The van der Waals surface area contributed by atoms with Gasteiger partial charge in [-0.15, -0.1) is 0 Å². The van der Waals surface area contributed by atoms with E-state index in [9.17, 15) is 18.0 Å². The highest BCUT2D eigenvalue weighted by atomic mass is 19.4. The van der Waals surface area contributed by atoms with Crippen LogP contribution in [0.3, 0.4) is 0 Å². The number of aryl methyl sites for hydroxylation is 1. The zero-order chi connectivity index (χ0) is 15.3. The first kappa shape index (κ1) is 16.3. The lowest BCUT2D eigenvalue weighted by Gasteiger charge is -2.16. The highest BCUT2D eigenvalue weighted by Gasteiger charge is 2.30. The van der Waals surface area contributed by atoms with Crippen LogP contribution in [0.15, 0.2) is 12.1 Å². The van der Waals surface area contributed by atoms with Gasteiger partial charge in [-0.1, -0.05) is 0 Å². The summed E-state index contributed by atoms with van der Waals surface area (Å²) in [5.41, 5.74) is 0.916. The lowest BCUT2D eigenvalue weighted by atomic mass is 10.1. The van der Waals surface area contributed by atoms with Crippen LogP contribution in [0.2, 0.25) is 0 Å². The van der Waals surface area contributed by atoms with Gasteiger partial charge in [0, 0.05) is 23.8 Å². The molecule has 1 atom stereocenters. The van der Waals surface area contributed by atoms with E-state index in [2.05, 4.69) is 15.6 Å². The van der Waals surface area contributed by atoms with E-state index in [1.165, 1.54) is 19.1 Å². The number of nitrogens with zero attached hydrogens (tertiary/aromatic N) is 1. The number of pyridine rings is 1. The molecule has 0 aromatic carbocycles. The molecule has 7 heteroatoms. The van der Waals surface area contributed by atoms with E-state index in [1.54, 1.807) is 6.92 Å². The van der Waals surface area contributed by atoms with Crippen molar-refractivity contribution in [1.29, 1.82) is 0 Å². The monoisotopic (exact) mass is 289 g/mol. The first-order chi connectivity index (χ1) is 9.21. The smallest absolute Gasteiger partial charge is 0.370 e. The second-order valence-corrected chi connectivity index (χ2v) is 4.61. The molecular weight excluding hydrogens is 271 g/mol. The first-order valence-electron chi connectivity index (χ1n) is 6.31. The van der Waals surface area contributed by atoms with Gasteiger partial charge in [0.15, 0.2) is 0 Å². The Kier molecular flexibility index (Phi) is 5.35. The Morgan fingerprint density at radius 1 is 1.40 bits per heavy atom. The highest BCUT2D eigenvalue weighted by molar-refractivity contribution is 5.95.